The van der Waals surface area contributed by atoms with E-state index in [1.54, 1.807) is 24.5 Å². The second-order valence-electron chi connectivity index (χ2n) is 7.39. The van der Waals surface area contributed by atoms with Crippen molar-refractivity contribution in [1.82, 2.24) is 14.9 Å². The minimum absolute atomic E-state index is 0.0354. The molecule has 1 amide bonds. The Labute approximate surface area is 175 Å². The molecule has 6 heteroatoms. The Morgan fingerprint density at radius 2 is 1.93 bits per heavy atom. The van der Waals surface area contributed by atoms with Crippen molar-refractivity contribution in [3.05, 3.63) is 84.2 Å². The predicted octanol–water partition coefficient (Wildman–Crippen LogP) is 4.67. The van der Waals surface area contributed by atoms with Crippen molar-refractivity contribution >= 4 is 5.91 Å². The van der Waals surface area contributed by atoms with Gasteiger partial charge >= 0.3 is 0 Å². The quantitative estimate of drug-likeness (QED) is 0.619. The minimum Gasteiger partial charge on any atom is -0.373 e. The first kappa shape index (κ1) is 20.2. The van der Waals surface area contributed by atoms with Crippen LogP contribution in [0.2, 0.25) is 0 Å². The maximum Gasteiger partial charge on any atom is 0.254 e. The number of amides is 1. The third-order valence-electron chi connectivity index (χ3n) is 5.52. The monoisotopic (exact) mass is 405 g/mol. The molecule has 0 aliphatic carbocycles. The second kappa shape index (κ2) is 9.13. The van der Waals surface area contributed by atoms with Gasteiger partial charge in [0.25, 0.3) is 5.91 Å². The smallest absolute Gasteiger partial charge is 0.254 e. The Hall–Kier alpha value is -3.12. The molecule has 3 aromatic rings. The van der Waals surface area contributed by atoms with E-state index in [-0.39, 0.29) is 18.1 Å². The lowest BCUT2D eigenvalue weighted by Crippen LogP contribution is -2.44. The van der Waals surface area contributed by atoms with Crippen LogP contribution in [0.4, 0.5) is 4.39 Å². The lowest BCUT2D eigenvalue weighted by molar-refractivity contribution is -0.0231. The number of hydrogen-bond acceptors (Lipinski definition) is 4. The van der Waals surface area contributed by atoms with Crippen molar-refractivity contribution in [2.24, 2.45) is 0 Å². The van der Waals surface area contributed by atoms with E-state index in [2.05, 4.69) is 16.0 Å². The number of carbonyl (C=O) groups is 1. The van der Waals surface area contributed by atoms with Crippen LogP contribution < -0.4 is 0 Å². The van der Waals surface area contributed by atoms with Gasteiger partial charge in [-0.2, -0.15) is 0 Å². The van der Waals surface area contributed by atoms with Crippen LogP contribution in [0.25, 0.3) is 11.1 Å². The number of ether oxygens (including phenoxy) is 1. The molecular weight excluding hydrogens is 381 g/mol. The molecule has 1 saturated heterocycles. The fraction of sp³-hybridized carbons (Fsp3) is 0.292. The number of hydrogen-bond donors (Lipinski definition) is 0. The maximum absolute atomic E-state index is 13.6. The van der Waals surface area contributed by atoms with Gasteiger partial charge in [0.05, 0.1) is 6.10 Å². The summed E-state index contributed by atoms with van der Waals surface area (Å²) in [6.07, 6.45) is 6.43. The highest BCUT2D eigenvalue weighted by atomic mass is 19.1. The summed E-state index contributed by atoms with van der Waals surface area (Å²) >= 11 is 0. The molecular formula is C24H24FN3O2. The predicted molar refractivity (Wildman–Crippen MR) is 112 cm³/mol. The summed E-state index contributed by atoms with van der Waals surface area (Å²) in [5, 5.41) is 0. The zero-order valence-corrected chi connectivity index (χ0v) is 16.9. The molecule has 154 valence electrons. The summed E-state index contributed by atoms with van der Waals surface area (Å²) in [7, 11) is 0. The fourth-order valence-corrected chi connectivity index (χ4v) is 4.02. The standard InChI is InChI=1S/C24H24FN3O2/c1-2-28(24(29)19-7-4-8-21(25)12-19)22-9-10-30-23(13-22)18-6-3-5-17(11-18)20-14-26-16-27-15-20/h3-8,11-12,14-16,22-23H,2,9-10,13H2,1H3/t22-,23+/m0/s1. The molecule has 5 nitrogen and oxygen atoms in total. The topological polar surface area (TPSA) is 55.3 Å². The molecule has 0 unspecified atom stereocenters. The van der Waals surface area contributed by atoms with Crippen molar-refractivity contribution in [1.29, 1.82) is 0 Å². The largest absolute Gasteiger partial charge is 0.373 e. The van der Waals surface area contributed by atoms with Crippen LogP contribution in [0.1, 0.15) is 41.8 Å². The maximum atomic E-state index is 13.6. The van der Waals surface area contributed by atoms with E-state index in [9.17, 15) is 9.18 Å². The van der Waals surface area contributed by atoms with Crippen LogP contribution in [0.15, 0.2) is 67.3 Å². The third-order valence-corrected chi connectivity index (χ3v) is 5.52. The molecule has 2 aromatic carbocycles. The third kappa shape index (κ3) is 4.39. The van der Waals surface area contributed by atoms with Crippen molar-refractivity contribution < 1.29 is 13.9 Å². The normalized spacial score (nSPS) is 18.7. The van der Waals surface area contributed by atoms with Crippen molar-refractivity contribution in [3.8, 4) is 11.1 Å². The second-order valence-corrected chi connectivity index (χ2v) is 7.39. The summed E-state index contributed by atoms with van der Waals surface area (Å²) < 4.78 is 19.7. The highest BCUT2D eigenvalue weighted by molar-refractivity contribution is 5.94. The number of benzene rings is 2. The molecule has 2 heterocycles. The van der Waals surface area contributed by atoms with Gasteiger partial charge in [-0.15, -0.1) is 0 Å². The van der Waals surface area contributed by atoms with Crippen LogP contribution >= 0.6 is 0 Å². The molecule has 1 aliphatic heterocycles. The van der Waals surface area contributed by atoms with Gasteiger partial charge in [0.1, 0.15) is 12.1 Å². The van der Waals surface area contributed by atoms with Gasteiger partial charge in [-0.25, -0.2) is 14.4 Å². The molecule has 2 atom stereocenters. The van der Waals surface area contributed by atoms with Crippen molar-refractivity contribution in [3.63, 3.8) is 0 Å². The zero-order valence-electron chi connectivity index (χ0n) is 16.9. The zero-order chi connectivity index (χ0) is 20.9. The first-order valence-electron chi connectivity index (χ1n) is 10.2. The molecule has 4 rings (SSSR count). The van der Waals surface area contributed by atoms with E-state index >= 15 is 0 Å². The highest BCUT2D eigenvalue weighted by Gasteiger charge is 2.31. The molecule has 0 spiro atoms. The molecule has 0 bridgehead atoms. The SMILES string of the molecule is CCN(C(=O)c1cccc(F)c1)[C@H]1CCO[C@@H](c2cccc(-c3cncnc3)c2)C1. The Balaban J connectivity index is 1.53. The average Bonchev–Trinajstić information content (AvgIpc) is 2.80. The van der Waals surface area contributed by atoms with Gasteiger partial charge in [-0.3, -0.25) is 4.79 Å². The van der Waals surface area contributed by atoms with E-state index in [1.807, 2.05) is 30.0 Å². The van der Waals surface area contributed by atoms with Crippen LogP contribution in [0.3, 0.4) is 0 Å². The van der Waals surface area contributed by atoms with E-state index in [0.29, 0.717) is 25.1 Å². The first-order chi connectivity index (χ1) is 14.7. The molecule has 1 aliphatic rings. The van der Waals surface area contributed by atoms with Crippen molar-refractivity contribution in [2.75, 3.05) is 13.2 Å². The van der Waals surface area contributed by atoms with Crippen LogP contribution in [0.5, 0.6) is 0 Å². The summed E-state index contributed by atoms with van der Waals surface area (Å²) in [6.45, 7) is 3.09. The Morgan fingerprint density at radius 3 is 2.70 bits per heavy atom. The first-order valence-corrected chi connectivity index (χ1v) is 10.2. The van der Waals surface area contributed by atoms with Crippen LogP contribution in [-0.2, 0) is 4.74 Å². The lowest BCUT2D eigenvalue weighted by Gasteiger charge is -2.37. The van der Waals surface area contributed by atoms with E-state index in [0.717, 1.165) is 23.1 Å². The van der Waals surface area contributed by atoms with Gasteiger partial charge in [0.2, 0.25) is 0 Å². The van der Waals surface area contributed by atoms with E-state index < -0.39 is 5.82 Å². The van der Waals surface area contributed by atoms with Gasteiger partial charge in [0.15, 0.2) is 0 Å². The molecule has 0 saturated carbocycles. The molecule has 0 radical (unpaired) electrons. The summed E-state index contributed by atoms with van der Waals surface area (Å²) in [5.74, 6) is -0.540. The number of aromatic nitrogens is 2. The Bertz CT molecular complexity index is 1010. The lowest BCUT2D eigenvalue weighted by atomic mass is 9.94. The van der Waals surface area contributed by atoms with E-state index in [4.69, 9.17) is 4.74 Å². The van der Waals surface area contributed by atoms with E-state index in [1.165, 1.54) is 18.5 Å². The number of carbonyl (C=O) groups excluding carboxylic acids is 1. The highest BCUT2D eigenvalue weighted by Crippen LogP contribution is 2.33. The van der Waals surface area contributed by atoms with Gasteiger partial charge in [-0.05, 0) is 55.2 Å². The summed E-state index contributed by atoms with van der Waals surface area (Å²) in [4.78, 5) is 23.0. The minimum atomic E-state index is -0.400. The van der Waals surface area contributed by atoms with Crippen LogP contribution in [-0.4, -0.2) is 40.0 Å². The molecule has 0 N–H and O–H groups in total. The number of nitrogens with zero attached hydrogens (tertiary/aromatic N) is 3. The van der Waals surface area contributed by atoms with Gasteiger partial charge < -0.3 is 9.64 Å². The van der Waals surface area contributed by atoms with Gasteiger partial charge in [0, 0.05) is 42.7 Å². The Kier molecular flexibility index (Phi) is 6.14. The molecule has 1 aromatic heterocycles. The number of rotatable bonds is 5. The fourth-order valence-electron chi connectivity index (χ4n) is 4.02. The number of halogens is 1. The molecule has 1 fully saturated rings. The van der Waals surface area contributed by atoms with Gasteiger partial charge in [-0.1, -0.05) is 24.3 Å². The summed E-state index contributed by atoms with van der Waals surface area (Å²) in [6, 6.07) is 14.1. The average molecular weight is 405 g/mol. The molecule has 30 heavy (non-hydrogen) atoms. The van der Waals surface area contributed by atoms with Crippen LogP contribution in [0, 0.1) is 5.82 Å². The summed E-state index contributed by atoms with van der Waals surface area (Å²) in [5.41, 5.74) is 3.42. The Morgan fingerprint density at radius 1 is 1.13 bits per heavy atom. The van der Waals surface area contributed by atoms with Crippen molar-refractivity contribution in [2.45, 2.75) is 31.9 Å².